The molecule has 0 aliphatic carbocycles. The van der Waals surface area contributed by atoms with Crippen LogP contribution in [0.15, 0.2) is 78.9 Å². The lowest BCUT2D eigenvalue weighted by atomic mass is 9.82. The van der Waals surface area contributed by atoms with Crippen molar-refractivity contribution in [1.29, 1.82) is 0 Å². The third kappa shape index (κ3) is 5.36. The molecule has 0 saturated carbocycles. The molecule has 0 amide bonds. The van der Waals surface area contributed by atoms with Gasteiger partial charge in [0.15, 0.2) is 0 Å². The van der Waals surface area contributed by atoms with Gasteiger partial charge in [0.05, 0.1) is 41.5 Å². The molecule has 0 unspecified atom stereocenters. The van der Waals surface area contributed by atoms with Gasteiger partial charge in [-0.15, -0.1) is 0 Å². The lowest BCUT2D eigenvalue weighted by Gasteiger charge is -2.22. The van der Waals surface area contributed by atoms with Gasteiger partial charge in [-0.2, -0.15) is 0 Å². The second-order valence-corrected chi connectivity index (χ2v) is 9.17. The first-order chi connectivity index (χ1) is 19.1. The van der Waals surface area contributed by atoms with Crippen molar-refractivity contribution in [3.05, 3.63) is 107 Å². The van der Waals surface area contributed by atoms with Gasteiger partial charge in [0, 0.05) is 17.7 Å². The Labute approximate surface area is 229 Å². The Morgan fingerprint density at radius 1 is 0.538 bits per heavy atom. The van der Waals surface area contributed by atoms with Crippen LogP contribution < -0.4 is 28.4 Å². The molecular formula is C33H32O6. The molecule has 2 atom stereocenters. The molecule has 0 fully saturated rings. The van der Waals surface area contributed by atoms with E-state index >= 15 is 0 Å². The Morgan fingerprint density at radius 3 is 1.64 bits per heavy atom. The number of ether oxygens (including phenoxy) is 6. The fourth-order valence-corrected chi connectivity index (χ4v) is 4.97. The van der Waals surface area contributed by atoms with Crippen molar-refractivity contribution >= 4 is 12.2 Å². The molecule has 0 radical (unpaired) electrons. The largest absolute Gasteiger partial charge is 0.497 e. The van der Waals surface area contributed by atoms with Crippen molar-refractivity contribution in [3.8, 4) is 34.5 Å². The zero-order valence-electron chi connectivity index (χ0n) is 22.8. The van der Waals surface area contributed by atoms with Gasteiger partial charge in [-0.1, -0.05) is 36.4 Å². The van der Waals surface area contributed by atoms with Crippen LogP contribution in [0.25, 0.3) is 12.2 Å². The van der Waals surface area contributed by atoms with E-state index in [0.717, 1.165) is 62.3 Å². The second-order valence-electron chi connectivity index (χ2n) is 9.17. The minimum atomic E-state index is -0.289. The van der Waals surface area contributed by atoms with Crippen molar-refractivity contribution in [2.75, 3.05) is 35.5 Å². The van der Waals surface area contributed by atoms with E-state index in [0.29, 0.717) is 0 Å². The second kappa shape index (κ2) is 11.4. The third-order valence-electron chi connectivity index (χ3n) is 7.00. The fraction of sp³-hybridized carbons (Fsp3) is 0.212. The Morgan fingerprint density at radius 2 is 1.08 bits per heavy atom. The molecule has 1 heterocycles. The summed E-state index contributed by atoms with van der Waals surface area (Å²) in [5.74, 6) is 4.40. The molecule has 4 aromatic carbocycles. The van der Waals surface area contributed by atoms with E-state index in [1.165, 1.54) is 0 Å². The first-order valence-electron chi connectivity index (χ1n) is 12.6. The summed E-state index contributed by atoms with van der Waals surface area (Å²) in [6.07, 6.45) is 3.90. The minimum absolute atomic E-state index is 0.140. The number of hydrogen-bond donors (Lipinski definition) is 0. The van der Waals surface area contributed by atoms with Gasteiger partial charge in [0.1, 0.15) is 40.6 Å². The lowest BCUT2D eigenvalue weighted by Crippen LogP contribution is -2.12. The van der Waals surface area contributed by atoms with Crippen LogP contribution in [0.4, 0.5) is 0 Å². The molecule has 5 rings (SSSR count). The van der Waals surface area contributed by atoms with Gasteiger partial charge in [0.25, 0.3) is 0 Å². The molecule has 4 aromatic rings. The monoisotopic (exact) mass is 524 g/mol. The van der Waals surface area contributed by atoms with Crippen LogP contribution in [-0.2, 0) is 0 Å². The molecule has 6 heteroatoms. The average Bonchev–Trinajstić information content (AvgIpc) is 3.39. The van der Waals surface area contributed by atoms with Gasteiger partial charge in [-0.25, -0.2) is 0 Å². The number of methoxy groups -OCH3 is 5. The first kappa shape index (κ1) is 26.0. The molecule has 1 aliphatic rings. The summed E-state index contributed by atoms with van der Waals surface area (Å²) in [7, 11) is 8.31. The van der Waals surface area contributed by atoms with Crippen molar-refractivity contribution in [2.24, 2.45) is 0 Å². The van der Waals surface area contributed by atoms with Crippen LogP contribution in [0.1, 0.15) is 39.8 Å². The fourth-order valence-electron chi connectivity index (χ4n) is 4.97. The van der Waals surface area contributed by atoms with Crippen LogP contribution in [0.3, 0.4) is 0 Å². The van der Waals surface area contributed by atoms with Crippen LogP contribution in [-0.4, -0.2) is 35.5 Å². The molecule has 0 spiro atoms. The SMILES string of the molecule is COc1ccc(/C=C/c2cc(OC)cc3c2[C@@H](c2cc(OC)cc(OC)c2)[C@H](c2ccc(OC)cc2)O3)cc1. The average molecular weight is 525 g/mol. The number of rotatable bonds is 9. The highest BCUT2D eigenvalue weighted by molar-refractivity contribution is 5.75. The molecule has 0 saturated heterocycles. The first-order valence-corrected chi connectivity index (χ1v) is 12.6. The highest BCUT2D eigenvalue weighted by atomic mass is 16.5. The minimum Gasteiger partial charge on any atom is -0.497 e. The quantitative estimate of drug-likeness (QED) is 0.217. The Kier molecular flexibility index (Phi) is 7.64. The van der Waals surface area contributed by atoms with E-state index in [-0.39, 0.29) is 12.0 Å². The van der Waals surface area contributed by atoms with Crippen molar-refractivity contribution in [2.45, 2.75) is 12.0 Å². The van der Waals surface area contributed by atoms with Crippen LogP contribution >= 0.6 is 0 Å². The molecule has 39 heavy (non-hydrogen) atoms. The normalized spacial score (nSPS) is 15.9. The summed E-state index contributed by atoms with van der Waals surface area (Å²) < 4.78 is 34.3. The van der Waals surface area contributed by atoms with Gasteiger partial charge >= 0.3 is 0 Å². The molecule has 0 aromatic heterocycles. The van der Waals surface area contributed by atoms with Gasteiger partial charge in [-0.3, -0.25) is 0 Å². The van der Waals surface area contributed by atoms with E-state index in [4.69, 9.17) is 28.4 Å². The third-order valence-corrected chi connectivity index (χ3v) is 7.00. The van der Waals surface area contributed by atoms with Gasteiger partial charge in [-0.05, 0) is 64.7 Å². The van der Waals surface area contributed by atoms with E-state index in [9.17, 15) is 0 Å². The lowest BCUT2D eigenvalue weighted by molar-refractivity contribution is 0.221. The zero-order valence-corrected chi connectivity index (χ0v) is 22.8. The Balaban J connectivity index is 1.67. The summed E-state index contributed by atoms with van der Waals surface area (Å²) in [5, 5.41) is 0. The summed E-state index contributed by atoms with van der Waals surface area (Å²) in [5.41, 5.74) is 5.18. The summed E-state index contributed by atoms with van der Waals surface area (Å²) in [6, 6.07) is 25.9. The van der Waals surface area contributed by atoms with Gasteiger partial charge < -0.3 is 28.4 Å². The predicted octanol–water partition coefficient (Wildman–Crippen LogP) is 7.17. The molecular weight excluding hydrogens is 492 g/mol. The van der Waals surface area contributed by atoms with Crippen LogP contribution in [0, 0.1) is 0 Å². The van der Waals surface area contributed by atoms with Crippen LogP contribution in [0.2, 0.25) is 0 Å². The Hall–Kier alpha value is -4.58. The van der Waals surface area contributed by atoms with Crippen molar-refractivity contribution < 1.29 is 28.4 Å². The number of fused-ring (bicyclic) bond motifs is 1. The van der Waals surface area contributed by atoms with Crippen molar-refractivity contribution in [1.82, 2.24) is 0 Å². The van der Waals surface area contributed by atoms with Gasteiger partial charge in [0.2, 0.25) is 0 Å². The highest BCUT2D eigenvalue weighted by Crippen LogP contribution is 2.53. The number of hydrogen-bond acceptors (Lipinski definition) is 6. The molecule has 6 nitrogen and oxygen atoms in total. The summed E-state index contributed by atoms with van der Waals surface area (Å²) >= 11 is 0. The Bertz CT molecular complexity index is 1440. The zero-order chi connectivity index (χ0) is 27.4. The summed E-state index contributed by atoms with van der Waals surface area (Å²) in [6.45, 7) is 0. The maximum atomic E-state index is 6.69. The molecule has 0 bridgehead atoms. The van der Waals surface area contributed by atoms with E-state index in [1.54, 1.807) is 35.5 Å². The molecule has 0 N–H and O–H groups in total. The highest BCUT2D eigenvalue weighted by Gasteiger charge is 2.39. The maximum absolute atomic E-state index is 6.69. The van der Waals surface area contributed by atoms with E-state index in [1.807, 2.05) is 78.9 Å². The predicted molar refractivity (Wildman–Crippen MR) is 153 cm³/mol. The summed E-state index contributed by atoms with van der Waals surface area (Å²) in [4.78, 5) is 0. The van der Waals surface area contributed by atoms with E-state index in [2.05, 4.69) is 12.2 Å². The molecule has 200 valence electrons. The maximum Gasteiger partial charge on any atom is 0.135 e. The van der Waals surface area contributed by atoms with E-state index < -0.39 is 0 Å². The molecule has 1 aliphatic heterocycles. The standard InChI is InChI=1S/C33H32O6/c1-34-25-12-7-21(8-13-25)6-9-23-16-29(38-5)20-30-31(23)32(24-17-27(36-3)19-28(18-24)37-4)33(39-30)22-10-14-26(35-2)15-11-22/h6-20,32-33H,1-5H3/b9-6+/t32-,33+/m1/s1. The number of benzene rings is 4. The smallest absolute Gasteiger partial charge is 0.135 e. The van der Waals surface area contributed by atoms with Crippen LogP contribution in [0.5, 0.6) is 34.5 Å². The topological polar surface area (TPSA) is 55.4 Å². The van der Waals surface area contributed by atoms with Crippen molar-refractivity contribution in [3.63, 3.8) is 0 Å².